The fraction of sp³-hybridized carbons (Fsp3) is 0.667. The third kappa shape index (κ3) is 2.42. The molecule has 3 rings (SSSR count). The predicted octanol–water partition coefficient (Wildman–Crippen LogP) is 2.35. The van der Waals surface area contributed by atoms with Gasteiger partial charge < -0.3 is 19.8 Å². The summed E-state index contributed by atoms with van der Waals surface area (Å²) in [4.78, 5) is 12.3. The van der Waals surface area contributed by atoms with Crippen LogP contribution in [0.1, 0.15) is 49.5 Å². The van der Waals surface area contributed by atoms with E-state index in [2.05, 4.69) is 0 Å². The van der Waals surface area contributed by atoms with E-state index in [1.807, 2.05) is 11.5 Å². The standard InChI is InChI=1S/C15H22N2O3/c1-2-17-10-11(16)8-13(17)14(18)20-12-4-7-19-15(9-12)5-3-6-15/h8,10,12H,2-7,9,16H2,1H3. The van der Waals surface area contributed by atoms with Crippen molar-refractivity contribution in [2.45, 2.75) is 57.3 Å². The average Bonchev–Trinajstić information content (AvgIpc) is 2.78. The number of carbonyl (C=O) groups excluding carboxylic acids is 1. The molecule has 1 spiro atoms. The zero-order valence-electron chi connectivity index (χ0n) is 11.9. The van der Waals surface area contributed by atoms with E-state index in [1.54, 1.807) is 12.3 Å². The summed E-state index contributed by atoms with van der Waals surface area (Å²) < 4.78 is 13.3. The number of anilines is 1. The third-order valence-electron chi connectivity index (χ3n) is 4.45. The number of rotatable bonds is 3. The van der Waals surface area contributed by atoms with E-state index in [0.717, 1.165) is 25.7 Å². The minimum Gasteiger partial charge on any atom is -0.458 e. The van der Waals surface area contributed by atoms with Gasteiger partial charge in [0.2, 0.25) is 0 Å². The monoisotopic (exact) mass is 278 g/mol. The van der Waals surface area contributed by atoms with Gasteiger partial charge in [0.25, 0.3) is 0 Å². The van der Waals surface area contributed by atoms with E-state index in [0.29, 0.717) is 24.5 Å². The lowest BCUT2D eigenvalue weighted by Gasteiger charge is -2.46. The van der Waals surface area contributed by atoms with Crippen LogP contribution in [0.3, 0.4) is 0 Å². The molecule has 5 heteroatoms. The Kier molecular flexibility index (Phi) is 3.46. The van der Waals surface area contributed by atoms with E-state index < -0.39 is 0 Å². The van der Waals surface area contributed by atoms with Crippen molar-refractivity contribution in [2.75, 3.05) is 12.3 Å². The van der Waals surface area contributed by atoms with Crippen LogP contribution in [-0.2, 0) is 16.0 Å². The Balaban J connectivity index is 1.66. The van der Waals surface area contributed by atoms with Crippen LogP contribution >= 0.6 is 0 Å². The summed E-state index contributed by atoms with van der Waals surface area (Å²) in [6.45, 7) is 3.38. The lowest BCUT2D eigenvalue weighted by molar-refractivity contribution is -0.159. The summed E-state index contributed by atoms with van der Waals surface area (Å²) in [6.07, 6.45) is 6.78. The summed E-state index contributed by atoms with van der Waals surface area (Å²) in [5.74, 6) is -0.273. The van der Waals surface area contributed by atoms with Gasteiger partial charge in [-0.2, -0.15) is 0 Å². The molecule has 1 atom stereocenters. The highest BCUT2D eigenvalue weighted by Gasteiger charge is 2.43. The first-order valence-electron chi connectivity index (χ1n) is 7.42. The molecule has 2 heterocycles. The normalized spacial score (nSPS) is 24.4. The highest BCUT2D eigenvalue weighted by molar-refractivity contribution is 5.89. The first-order chi connectivity index (χ1) is 9.62. The molecule has 1 aromatic rings. The second kappa shape index (κ2) is 5.13. The maximum Gasteiger partial charge on any atom is 0.355 e. The van der Waals surface area contributed by atoms with Gasteiger partial charge in [0.1, 0.15) is 11.8 Å². The molecule has 110 valence electrons. The van der Waals surface area contributed by atoms with Crippen molar-refractivity contribution in [3.63, 3.8) is 0 Å². The first kappa shape index (κ1) is 13.5. The Hall–Kier alpha value is -1.49. The number of aryl methyl sites for hydroxylation is 1. The number of hydrogen-bond donors (Lipinski definition) is 1. The van der Waals surface area contributed by atoms with Crippen molar-refractivity contribution in [3.8, 4) is 0 Å². The number of esters is 1. The molecule has 2 aliphatic rings. The largest absolute Gasteiger partial charge is 0.458 e. The van der Waals surface area contributed by atoms with Crippen molar-refractivity contribution >= 4 is 11.7 Å². The van der Waals surface area contributed by atoms with Crippen LogP contribution in [-0.4, -0.2) is 28.8 Å². The molecule has 1 aliphatic heterocycles. The van der Waals surface area contributed by atoms with E-state index in [1.165, 1.54) is 6.42 Å². The molecular formula is C15H22N2O3. The maximum atomic E-state index is 12.3. The van der Waals surface area contributed by atoms with Gasteiger partial charge in [0, 0.05) is 25.6 Å². The number of ether oxygens (including phenoxy) is 2. The topological polar surface area (TPSA) is 66.5 Å². The molecule has 0 amide bonds. The molecule has 0 aromatic carbocycles. The Morgan fingerprint density at radius 2 is 2.40 bits per heavy atom. The molecule has 20 heavy (non-hydrogen) atoms. The lowest BCUT2D eigenvalue weighted by atomic mass is 9.74. The van der Waals surface area contributed by atoms with E-state index in [-0.39, 0.29) is 17.7 Å². The summed E-state index contributed by atoms with van der Waals surface area (Å²) >= 11 is 0. The van der Waals surface area contributed by atoms with Crippen molar-refractivity contribution in [2.24, 2.45) is 0 Å². The van der Waals surface area contributed by atoms with Crippen LogP contribution in [0, 0.1) is 0 Å². The molecular weight excluding hydrogens is 256 g/mol. The molecule has 0 bridgehead atoms. The molecule has 1 saturated carbocycles. The van der Waals surface area contributed by atoms with Gasteiger partial charge in [-0.3, -0.25) is 0 Å². The van der Waals surface area contributed by atoms with Crippen LogP contribution in [0.5, 0.6) is 0 Å². The molecule has 2 fully saturated rings. The summed E-state index contributed by atoms with van der Waals surface area (Å²) in [7, 11) is 0. The van der Waals surface area contributed by atoms with Gasteiger partial charge in [0.15, 0.2) is 0 Å². The Morgan fingerprint density at radius 3 is 3.05 bits per heavy atom. The Labute approximate surface area is 119 Å². The SMILES string of the molecule is CCn1cc(N)cc1C(=O)OC1CCOC2(CCC2)C1. The van der Waals surface area contributed by atoms with Gasteiger partial charge in [-0.25, -0.2) is 4.79 Å². The quantitative estimate of drug-likeness (QED) is 0.862. The van der Waals surface area contributed by atoms with Crippen LogP contribution in [0.25, 0.3) is 0 Å². The second-order valence-electron chi connectivity index (χ2n) is 5.85. The molecule has 1 aliphatic carbocycles. The highest BCUT2D eigenvalue weighted by atomic mass is 16.6. The van der Waals surface area contributed by atoms with Crippen molar-refractivity contribution in [3.05, 3.63) is 18.0 Å². The minimum absolute atomic E-state index is 0.00499. The Morgan fingerprint density at radius 1 is 1.60 bits per heavy atom. The maximum absolute atomic E-state index is 12.3. The number of nitrogens with two attached hydrogens (primary N) is 1. The summed E-state index contributed by atoms with van der Waals surface area (Å²) in [6, 6.07) is 1.68. The van der Waals surface area contributed by atoms with Gasteiger partial charge >= 0.3 is 5.97 Å². The Bertz CT molecular complexity index is 505. The van der Waals surface area contributed by atoms with Crippen LogP contribution in [0.2, 0.25) is 0 Å². The number of aromatic nitrogens is 1. The highest BCUT2D eigenvalue weighted by Crippen LogP contribution is 2.43. The molecule has 1 saturated heterocycles. The van der Waals surface area contributed by atoms with Gasteiger partial charge in [0.05, 0.1) is 17.9 Å². The number of nitrogens with zero attached hydrogens (tertiary/aromatic N) is 1. The summed E-state index contributed by atoms with van der Waals surface area (Å²) in [5.41, 5.74) is 6.89. The van der Waals surface area contributed by atoms with E-state index >= 15 is 0 Å². The van der Waals surface area contributed by atoms with Gasteiger partial charge in [-0.1, -0.05) is 0 Å². The van der Waals surface area contributed by atoms with Crippen molar-refractivity contribution in [1.29, 1.82) is 0 Å². The molecule has 0 radical (unpaired) electrons. The van der Waals surface area contributed by atoms with Gasteiger partial charge in [-0.05, 0) is 32.3 Å². The lowest BCUT2D eigenvalue weighted by Crippen LogP contribution is -2.48. The van der Waals surface area contributed by atoms with Crippen LogP contribution in [0.4, 0.5) is 5.69 Å². The smallest absolute Gasteiger partial charge is 0.355 e. The summed E-state index contributed by atoms with van der Waals surface area (Å²) in [5, 5.41) is 0. The number of hydrogen-bond acceptors (Lipinski definition) is 4. The molecule has 5 nitrogen and oxygen atoms in total. The minimum atomic E-state index is -0.273. The zero-order chi connectivity index (χ0) is 14.2. The van der Waals surface area contributed by atoms with Crippen LogP contribution in [0.15, 0.2) is 12.3 Å². The predicted molar refractivity (Wildman–Crippen MR) is 75.5 cm³/mol. The molecule has 1 unspecified atom stereocenters. The second-order valence-corrected chi connectivity index (χ2v) is 5.85. The average molecular weight is 278 g/mol. The fourth-order valence-electron chi connectivity index (χ4n) is 3.18. The zero-order valence-corrected chi connectivity index (χ0v) is 11.9. The number of carbonyl (C=O) groups is 1. The van der Waals surface area contributed by atoms with E-state index in [4.69, 9.17) is 15.2 Å². The van der Waals surface area contributed by atoms with E-state index in [9.17, 15) is 4.79 Å². The van der Waals surface area contributed by atoms with Crippen LogP contribution < -0.4 is 5.73 Å². The van der Waals surface area contributed by atoms with Gasteiger partial charge in [-0.15, -0.1) is 0 Å². The van der Waals surface area contributed by atoms with Crippen molar-refractivity contribution in [1.82, 2.24) is 4.57 Å². The number of nitrogen functional groups attached to an aromatic ring is 1. The molecule has 1 aromatic heterocycles. The molecule has 2 N–H and O–H groups in total. The third-order valence-corrected chi connectivity index (χ3v) is 4.45. The van der Waals surface area contributed by atoms with Crippen molar-refractivity contribution < 1.29 is 14.3 Å². The first-order valence-corrected chi connectivity index (χ1v) is 7.42. The fourth-order valence-corrected chi connectivity index (χ4v) is 3.18.